The topological polar surface area (TPSA) is 52.6 Å². The Morgan fingerprint density at radius 3 is 2.64 bits per heavy atom. The second-order valence-electron chi connectivity index (χ2n) is 5.38. The van der Waals surface area contributed by atoms with Gasteiger partial charge in [-0.05, 0) is 43.8 Å². The molecule has 0 aliphatic carbocycles. The second kappa shape index (κ2) is 8.20. The summed E-state index contributed by atoms with van der Waals surface area (Å²) in [5.74, 6) is -0.0446. The van der Waals surface area contributed by atoms with Gasteiger partial charge in [0.05, 0.1) is 0 Å². The summed E-state index contributed by atoms with van der Waals surface area (Å²) in [4.78, 5) is 14.1. The van der Waals surface area contributed by atoms with Crippen LogP contribution >= 0.6 is 0 Å². The number of benzene rings is 2. The van der Waals surface area contributed by atoms with Crippen LogP contribution < -0.4 is 5.32 Å². The van der Waals surface area contributed by atoms with E-state index in [1.165, 1.54) is 11.6 Å². The molecule has 2 N–H and O–H groups in total. The number of nitrogens with one attached hydrogen (secondary N) is 1. The molecule has 2 aromatic carbocycles. The highest BCUT2D eigenvalue weighted by Gasteiger charge is 2.05. The molecule has 0 saturated carbocycles. The Hall–Kier alpha value is -2.33. The maximum Gasteiger partial charge on any atom is 0.251 e. The number of phenolic OH excluding ortho intramolecular Hbond substituents is 1. The molecule has 2 rings (SSSR count). The molecule has 2 aromatic rings. The Balaban J connectivity index is 1.67. The summed E-state index contributed by atoms with van der Waals surface area (Å²) < 4.78 is 0. The minimum Gasteiger partial charge on any atom is -0.508 e. The lowest BCUT2D eigenvalue weighted by molar-refractivity contribution is 0.0951. The van der Waals surface area contributed by atoms with Gasteiger partial charge in [-0.3, -0.25) is 4.79 Å². The molecule has 22 heavy (non-hydrogen) atoms. The summed E-state index contributed by atoms with van der Waals surface area (Å²) in [5, 5.41) is 12.2. The van der Waals surface area contributed by atoms with Crippen molar-refractivity contribution in [3.05, 3.63) is 65.7 Å². The van der Waals surface area contributed by atoms with E-state index in [4.69, 9.17) is 0 Å². The molecular weight excluding hydrogens is 276 g/mol. The van der Waals surface area contributed by atoms with Crippen LogP contribution in [0.1, 0.15) is 22.3 Å². The van der Waals surface area contributed by atoms with Crippen LogP contribution in [-0.2, 0) is 6.54 Å². The SMILES string of the molecule is CN(CCCNC(=O)c1cccc(O)c1)Cc1ccccc1. The van der Waals surface area contributed by atoms with Gasteiger partial charge in [-0.2, -0.15) is 0 Å². The average molecular weight is 298 g/mol. The third-order valence-electron chi connectivity index (χ3n) is 3.41. The first-order valence-corrected chi connectivity index (χ1v) is 7.45. The number of hydrogen-bond donors (Lipinski definition) is 2. The van der Waals surface area contributed by atoms with Crippen molar-refractivity contribution < 1.29 is 9.90 Å². The molecule has 4 heteroatoms. The molecule has 0 radical (unpaired) electrons. The molecule has 1 amide bonds. The van der Waals surface area contributed by atoms with E-state index in [9.17, 15) is 9.90 Å². The lowest BCUT2D eigenvalue weighted by Gasteiger charge is -2.16. The molecule has 0 aromatic heterocycles. The van der Waals surface area contributed by atoms with E-state index in [0.29, 0.717) is 12.1 Å². The van der Waals surface area contributed by atoms with Gasteiger partial charge in [0.2, 0.25) is 0 Å². The minimum atomic E-state index is -0.151. The predicted octanol–water partition coefficient (Wildman–Crippen LogP) is 2.64. The van der Waals surface area contributed by atoms with Gasteiger partial charge in [-0.1, -0.05) is 36.4 Å². The molecule has 0 aliphatic rings. The third kappa shape index (κ3) is 5.22. The van der Waals surface area contributed by atoms with E-state index in [0.717, 1.165) is 19.5 Å². The number of phenols is 1. The van der Waals surface area contributed by atoms with E-state index >= 15 is 0 Å². The Morgan fingerprint density at radius 2 is 1.91 bits per heavy atom. The molecule has 0 atom stereocenters. The van der Waals surface area contributed by atoms with E-state index in [2.05, 4.69) is 29.4 Å². The Labute approximate surface area is 131 Å². The van der Waals surface area contributed by atoms with Crippen LogP contribution in [0, 0.1) is 0 Å². The zero-order chi connectivity index (χ0) is 15.8. The van der Waals surface area contributed by atoms with Crippen LogP contribution in [0.25, 0.3) is 0 Å². The van der Waals surface area contributed by atoms with Crippen molar-refractivity contribution in [3.63, 3.8) is 0 Å². The van der Waals surface area contributed by atoms with E-state index in [-0.39, 0.29) is 11.7 Å². The van der Waals surface area contributed by atoms with Crippen molar-refractivity contribution in [2.75, 3.05) is 20.1 Å². The smallest absolute Gasteiger partial charge is 0.251 e. The normalized spacial score (nSPS) is 10.6. The van der Waals surface area contributed by atoms with Crippen LogP contribution in [0.5, 0.6) is 5.75 Å². The first kappa shape index (κ1) is 16.0. The largest absolute Gasteiger partial charge is 0.508 e. The monoisotopic (exact) mass is 298 g/mol. The summed E-state index contributed by atoms with van der Waals surface area (Å²) in [6.45, 7) is 2.43. The van der Waals surface area contributed by atoms with Crippen LogP contribution in [-0.4, -0.2) is 36.1 Å². The van der Waals surface area contributed by atoms with Gasteiger partial charge < -0.3 is 15.3 Å². The zero-order valence-electron chi connectivity index (χ0n) is 12.8. The number of hydrogen-bond acceptors (Lipinski definition) is 3. The maximum atomic E-state index is 11.9. The highest BCUT2D eigenvalue weighted by atomic mass is 16.3. The Bertz CT molecular complexity index is 599. The number of rotatable bonds is 7. The van der Waals surface area contributed by atoms with Gasteiger partial charge in [-0.25, -0.2) is 0 Å². The first-order chi connectivity index (χ1) is 10.6. The van der Waals surface area contributed by atoms with Crippen molar-refractivity contribution in [2.24, 2.45) is 0 Å². The molecule has 0 fully saturated rings. The number of carbonyl (C=O) groups excluding carboxylic acids is 1. The fourth-order valence-electron chi connectivity index (χ4n) is 2.27. The predicted molar refractivity (Wildman–Crippen MR) is 87.8 cm³/mol. The van der Waals surface area contributed by atoms with Gasteiger partial charge in [0.1, 0.15) is 5.75 Å². The molecule has 116 valence electrons. The fraction of sp³-hybridized carbons (Fsp3) is 0.278. The van der Waals surface area contributed by atoms with Crippen LogP contribution in [0.3, 0.4) is 0 Å². The van der Waals surface area contributed by atoms with Crippen LogP contribution in [0.2, 0.25) is 0 Å². The molecule has 0 saturated heterocycles. The molecular formula is C18H22N2O2. The van der Waals surface area contributed by atoms with Gasteiger partial charge in [0.15, 0.2) is 0 Å². The minimum absolute atomic E-state index is 0.107. The third-order valence-corrected chi connectivity index (χ3v) is 3.41. The summed E-state index contributed by atoms with van der Waals surface area (Å²) in [6, 6.07) is 16.7. The van der Waals surface area contributed by atoms with Crippen LogP contribution in [0.4, 0.5) is 0 Å². The number of nitrogens with zero attached hydrogens (tertiary/aromatic N) is 1. The van der Waals surface area contributed by atoms with E-state index in [1.807, 2.05) is 18.2 Å². The van der Waals surface area contributed by atoms with Crippen molar-refractivity contribution in [1.82, 2.24) is 10.2 Å². The van der Waals surface area contributed by atoms with Crippen LogP contribution in [0.15, 0.2) is 54.6 Å². The zero-order valence-corrected chi connectivity index (χ0v) is 12.8. The average Bonchev–Trinajstić information content (AvgIpc) is 2.52. The van der Waals surface area contributed by atoms with Gasteiger partial charge in [0, 0.05) is 18.7 Å². The Kier molecular flexibility index (Phi) is 5.98. The Morgan fingerprint density at radius 1 is 1.14 bits per heavy atom. The highest BCUT2D eigenvalue weighted by molar-refractivity contribution is 5.94. The summed E-state index contributed by atoms with van der Waals surface area (Å²) >= 11 is 0. The van der Waals surface area contributed by atoms with Gasteiger partial charge in [-0.15, -0.1) is 0 Å². The summed E-state index contributed by atoms with van der Waals surface area (Å²) in [7, 11) is 2.07. The number of aromatic hydroxyl groups is 1. The molecule has 0 unspecified atom stereocenters. The summed E-state index contributed by atoms with van der Waals surface area (Å²) in [6.07, 6.45) is 0.883. The molecule has 0 bridgehead atoms. The van der Waals surface area contributed by atoms with Crippen molar-refractivity contribution in [2.45, 2.75) is 13.0 Å². The number of amides is 1. The highest BCUT2D eigenvalue weighted by Crippen LogP contribution is 2.10. The molecule has 0 heterocycles. The van der Waals surface area contributed by atoms with Crippen molar-refractivity contribution in [3.8, 4) is 5.75 Å². The van der Waals surface area contributed by atoms with Crippen molar-refractivity contribution >= 4 is 5.91 Å². The van der Waals surface area contributed by atoms with Gasteiger partial charge >= 0.3 is 0 Å². The molecule has 0 aliphatic heterocycles. The quantitative estimate of drug-likeness (QED) is 0.773. The number of carbonyl (C=O) groups is 1. The fourth-order valence-corrected chi connectivity index (χ4v) is 2.27. The summed E-state index contributed by atoms with van der Waals surface area (Å²) in [5.41, 5.74) is 1.77. The van der Waals surface area contributed by atoms with Gasteiger partial charge in [0.25, 0.3) is 5.91 Å². The first-order valence-electron chi connectivity index (χ1n) is 7.45. The lowest BCUT2D eigenvalue weighted by atomic mass is 10.2. The van der Waals surface area contributed by atoms with Crippen molar-refractivity contribution in [1.29, 1.82) is 0 Å². The maximum absolute atomic E-state index is 11.9. The standard InChI is InChI=1S/C18H22N2O2/c1-20(14-15-7-3-2-4-8-15)12-6-11-19-18(22)16-9-5-10-17(21)13-16/h2-5,7-10,13,21H,6,11-12,14H2,1H3,(H,19,22). The second-order valence-corrected chi connectivity index (χ2v) is 5.38. The molecule has 4 nitrogen and oxygen atoms in total. The molecule has 0 spiro atoms. The van der Waals surface area contributed by atoms with E-state index < -0.39 is 0 Å². The lowest BCUT2D eigenvalue weighted by Crippen LogP contribution is -2.28. The van der Waals surface area contributed by atoms with E-state index in [1.54, 1.807) is 18.2 Å².